The summed E-state index contributed by atoms with van der Waals surface area (Å²) in [6.45, 7) is 1.43. The molecule has 0 heterocycles. The zero-order valence-electron chi connectivity index (χ0n) is 15.0. The molecule has 2 amide bonds. The fraction of sp³-hybridized carbons (Fsp3) is 0.0952. The number of hydrazone groups is 1. The molecule has 0 aliphatic carbocycles. The molecule has 0 bridgehead atoms. The van der Waals surface area contributed by atoms with Crippen LogP contribution in [0.2, 0.25) is 0 Å². The molecule has 6 heteroatoms. The Labute approximate surface area is 156 Å². The van der Waals surface area contributed by atoms with Crippen LogP contribution in [0.25, 0.3) is 10.8 Å². The second-order valence-electron chi connectivity index (χ2n) is 5.86. The number of anilines is 1. The number of carbonyl (C=O) groups excluding carboxylic acids is 2. The number of benzene rings is 3. The molecule has 0 saturated heterocycles. The number of methoxy groups -OCH3 is 1. The van der Waals surface area contributed by atoms with Crippen molar-refractivity contribution in [3.05, 3.63) is 71.8 Å². The minimum Gasteiger partial charge on any atom is -0.496 e. The maximum absolute atomic E-state index is 12.2. The number of fused-ring (bicyclic) bond motifs is 1. The molecular formula is C21H19N3O3. The Morgan fingerprint density at radius 2 is 1.67 bits per heavy atom. The van der Waals surface area contributed by atoms with E-state index in [1.54, 1.807) is 37.6 Å². The van der Waals surface area contributed by atoms with Gasteiger partial charge in [0.1, 0.15) is 5.75 Å². The van der Waals surface area contributed by atoms with E-state index in [2.05, 4.69) is 15.8 Å². The molecule has 3 aromatic rings. The molecule has 136 valence electrons. The SMILES string of the molecule is COc1ccc(C=NNC(=O)c2ccc(NC(C)=O)cc2)c2ccccc12. The number of hydrogen-bond donors (Lipinski definition) is 2. The minimum absolute atomic E-state index is 0.163. The normalized spacial score (nSPS) is 10.7. The summed E-state index contributed by atoms with van der Waals surface area (Å²) < 4.78 is 5.38. The Bertz CT molecular complexity index is 1010. The Morgan fingerprint density at radius 1 is 0.963 bits per heavy atom. The summed E-state index contributed by atoms with van der Waals surface area (Å²) >= 11 is 0. The second kappa shape index (κ2) is 8.14. The van der Waals surface area contributed by atoms with Crippen LogP contribution in [0.3, 0.4) is 0 Å². The van der Waals surface area contributed by atoms with E-state index in [4.69, 9.17) is 4.74 Å². The first kappa shape index (κ1) is 18.1. The maximum atomic E-state index is 12.2. The van der Waals surface area contributed by atoms with Gasteiger partial charge in [0.05, 0.1) is 13.3 Å². The second-order valence-corrected chi connectivity index (χ2v) is 5.86. The number of carbonyl (C=O) groups is 2. The van der Waals surface area contributed by atoms with E-state index in [0.717, 1.165) is 22.1 Å². The zero-order chi connectivity index (χ0) is 19.2. The van der Waals surface area contributed by atoms with Crippen molar-refractivity contribution in [2.24, 2.45) is 5.10 Å². The van der Waals surface area contributed by atoms with Gasteiger partial charge in [0.25, 0.3) is 5.91 Å². The van der Waals surface area contributed by atoms with Crippen LogP contribution in [0.15, 0.2) is 65.8 Å². The topological polar surface area (TPSA) is 79.8 Å². The predicted octanol–water partition coefficient (Wildman–Crippen LogP) is 3.57. The molecule has 0 aliphatic heterocycles. The van der Waals surface area contributed by atoms with E-state index in [-0.39, 0.29) is 11.8 Å². The summed E-state index contributed by atoms with van der Waals surface area (Å²) in [6.07, 6.45) is 1.60. The van der Waals surface area contributed by atoms with E-state index in [9.17, 15) is 9.59 Å². The largest absolute Gasteiger partial charge is 0.496 e. The molecule has 0 spiro atoms. The molecule has 2 N–H and O–H groups in total. The van der Waals surface area contributed by atoms with Gasteiger partial charge in [0, 0.05) is 29.1 Å². The molecule has 0 fully saturated rings. The number of amides is 2. The third-order valence-corrected chi connectivity index (χ3v) is 3.97. The molecule has 0 atom stereocenters. The Balaban J connectivity index is 1.73. The highest BCUT2D eigenvalue weighted by Crippen LogP contribution is 2.27. The summed E-state index contributed by atoms with van der Waals surface area (Å²) in [5.74, 6) is 0.285. The highest BCUT2D eigenvalue weighted by molar-refractivity contribution is 6.03. The third kappa shape index (κ3) is 4.30. The molecule has 3 aromatic carbocycles. The molecular weight excluding hydrogens is 342 g/mol. The molecule has 0 saturated carbocycles. The first-order valence-electron chi connectivity index (χ1n) is 8.35. The molecule has 0 aromatic heterocycles. The summed E-state index contributed by atoms with van der Waals surface area (Å²) in [4.78, 5) is 23.2. The lowest BCUT2D eigenvalue weighted by atomic mass is 10.0. The highest BCUT2D eigenvalue weighted by Gasteiger charge is 2.06. The van der Waals surface area contributed by atoms with Gasteiger partial charge in [-0.2, -0.15) is 5.10 Å². The zero-order valence-corrected chi connectivity index (χ0v) is 15.0. The molecule has 27 heavy (non-hydrogen) atoms. The van der Waals surface area contributed by atoms with Crippen LogP contribution in [0, 0.1) is 0 Å². The van der Waals surface area contributed by atoms with E-state index in [1.807, 2.05) is 36.4 Å². The first-order chi connectivity index (χ1) is 13.1. The monoisotopic (exact) mass is 361 g/mol. The van der Waals surface area contributed by atoms with Crippen molar-refractivity contribution in [1.82, 2.24) is 5.43 Å². The van der Waals surface area contributed by atoms with Gasteiger partial charge in [-0.15, -0.1) is 0 Å². The summed E-state index contributed by atoms with van der Waals surface area (Å²) in [5, 5.41) is 8.67. The Morgan fingerprint density at radius 3 is 2.33 bits per heavy atom. The van der Waals surface area contributed by atoms with E-state index < -0.39 is 0 Å². The van der Waals surface area contributed by atoms with E-state index >= 15 is 0 Å². The lowest BCUT2D eigenvalue weighted by Crippen LogP contribution is -2.17. The molecule has 0 aliphatic rings. The molecule has 0 radical (unpaired) electrons. The predicted molar refractivity (Wildman–Crippen MR) is 106 cm³/mol. The smallest absolute Gasteiger partial charge is 0.271 e. The standard InChI is InChI=1S/C21H19N3O3/c1-14(25)23-17-10-7-15(8-11-17)21(26)24-22-13-16-9-12-20(27-2)19-6-4-3-5-18(16)19/h3-13H,1-2H3,(H,23,25)(H,24,26). The van der Waals surface area contributed by atoms with Crippen molar-refractivity contribution >= 4 is 34.5 Å². The van der Waals surface area contributed by atoms with Crippen molar-refractivity contribution in [1.29, 1.82) is 0 Å². The van der Waals surface area contributed by atoms with Gasteiger partial charge >= 0.3 is 0 Å². The first-order valence-corrected chi connectivity index (χ1v) is 8.35. The van der Waals surface area contributed by atoms with Gasteiger partial charge in [-0.1, -0.05) is 24.3 Å². The van der Waals surface area contributed by atoms with Gasteiger partial charge in [-0.25, -0.2) is 5.43 Å². The minimum atomic E-state index is -0.335. The van der Waals surface area contributed by atoms with E-state index in [1.165, 1.54) is 6.92 Å². The van der Waals surface area contributed by atoms with Gasteiger partial charge in [-0.05, 0) is 41.8 Å². The van der Waals surface area contributed by atoms with Crippen LogP contribution in [0.1, 0.15) is 22.8 Å². The van der Waals surface area contributed by atoms with Crippen LogP contribution in [0.4, 0.5) is 5.69 Å². The van der Waals surface area contributed by atoms with Crippen LogP contribution in [0.5, 0.6) is 5.75 Å². The highest BCUT2D eigenvalue weighted by atomic mass is 16.5. The van der Waals surface area contributed by atoms with Crippen molar-refractivity contribution in [2.45, 2.75) is 6.92 Å². The maximum Gasteiger partial charge on any atom is 0.271 e. The number of hydrogen-bond acceptors (Lipinski definition) is 4. The van der Waals surface area contributed by atoms with Gasteiger partial charge in [-0.3, -0.25) is 9.59 Å². The number of nitrogens with one attached hydrogen (secondary N) is 2. The van der Waals surface area contributed by atoms with Crippen LogP contribution < -0.4 is 15.5 Å². The summed E-state index contributed by atoms with van der Waals surface area (Å²) in [5.41, 5.74) is 4.46. The fourth-order valence-corrected chi connectivity index (χ4v) is 2.72. The third-order valence-electron chi connectivity index (χ3n) is 3.97. The van der Waals surface area contributed by atoms with Crippen molar-refractivity contribution in [3.63, 3.8) is 0 Å². The van der Waals surface area contributed by atoms with Crippen molar-refractivity contribution < 1.29 is 14.3 Å². The van der Waals surface area contributed by atoms with Gasteiger partial charge < -0.3 is 10.1 Å². The van der Waals surface area contributed by atoms with Crippen LogP contribution >= 0.6 is 0 Å². The average molecular weight is 361 g/mol. The summed E-state index contributed by atoms with van der Waals surface area (Å²) in [7, 11) is 1.63. The number of nitrogens with zero attached hydrogens (tertiary/aromatic N) is 1. The molecule has 3 rings (SSSR count). The summed E-state index contributed by atoms with van der Waals surface area (Å²) in [6, 6.07) is 18.2. The van der Waals surface area contributed by atoms with Crippen molar-refractivity contribution in [3.8, 4) is 5.75 Å². The Kier molecular flexibility index (Phi) is 5.47. The van der Waals surface area contributed by atoms with Gasteiger partial charge in [0.15, 0.2) is 0 Å². The van der Waals surface area contributed by atoms with Crippen LogP contribution in [-0.2, 0) is 4.79 Å². The van der Waals surface area contributed by atoms with Crippen molar-refractivity contribution in [2.75, 3.05) is 12.4 Å². The number of ether oxygens (including phenoxy) is 1. The van der Waals surface area contributed by atoms with Crippen LogP contribution in [-0.4, -0.2) is 25.1 Å². The number of rotatable bonds is 5. The quantitative estimate of drug-likeness (QED) is 0.538. The van der Waals surface area contributed by atoms with Gasteiger partial charge in [0.2, 0.25) is 5.91 Å². The molecule has 6 nitrogen and oxygen atoms in total. The average Bonchev–Trinajstić information content (AvgIpc) is 2.68. The van der Waals surface area contributed by atoms with E-state index in [0.29, 0.717) is 11.3 Å². The lowest BCUT2D eigenvalue weighted by Gasteiger charge is -2.07. The lowest BCUT2D eigenvalue weighted by molar-refractivity contribution is -0.114. The fourth-order valence-electron chi connectivity index (χ4n) is 2.72. The molecule has 0 unspecified atom stereocenters. The Hall–Kier alpha value is -3.67.